The number of amides is 12. The Morgan fingerprint density at radius 2 is 0.564 bits per heavy atom. The molecule has 0 spiro atoms. The van der Waals surface area contributed by atoms with Gasteiger partial charge in [0, 0.05) is 66.0 Å². The molecule has 4 fully saturated rings. The Balaban J connectivity index is 0.000000410. The number of carbonyl (C=O) groups is 12. The van der Waals surface area contributed by atoms with Gasteiger partial charge >= 0.3 is 0 Å². The van der Waals surface area contributed by atoms with E-state index in [-0.39, 0.29) is 130 Å². The first-order chi connectivity index (χ1) is 37.2. The van der Waals surface area contributed by atoms with Crippen LogP contribution in [0.25, 0.3) is 0 Å². The highest BCUT2D eigenvalue weighted by Crippen LogP contribution is 2.59. The molecule has 4 atom stereocenters. The highest BCUT2D eigenvalue weighted by molar-refractivity contribution is 8.93. The van der Waals surface area contributed by atoms with Crippen molar-refractivity contribution in [2.75, 3.05) is 65.4 Å². The molecule has 4 aliphatic heterocycles. The molecule has 0 aromatic heterocycles. The number of unbranched alkanes of at least 4 members (excludes halogenated alkanes) is 4. The maximum Gasteiger partial charge on any atom is 0.239 e. The van der Waals surface area contributed by atoms with Crippen LogP contribution < -0.4 is 54.8 Å². The van der Waals surface area contributed by atoms with Gasteiger partial charge in [-0.15, -0.1) is 0 Å². The van der Waals surface area contributed by atoms with Gasteiger partial charge in [0.15, 0.2) is 0 Å². The van der Waals surface area contributed by atoms with Crippen molar-refractivity contribution in [1.82, 2.24) is 41.7 Å². The van der Waals surface area contributed by atoms with E-state index < -0.39 is 35.4 Å². The first kappa shape index (κ1) is 68.7. The van der Waals surface area contributed by atoms with Crippen LogP contribution in [0.2, 0.25) is 0 Å². The second-order valence-corrected chi connectivity index (χ2v) is 30.0. The SMILES string of the molecule is CC(=O)NCCC(=O)N(CC(=O)NCCCCC(C(N)=O)C1SS1)CC(=O)NCCCCC(C(N)=O)C1SS1.CC(=O)NCCC(=O)N(CC(=O)NCCCCC(C(N)=O)C1SS1)CC(=O)NCCCCC(C(N)=O)C1SS1. The Labute approximate surface area is 487 Å². The van der Waals surface area contributed by atoms with E-state index in [9.17, 15) is 57.5 Å². The molecule has 4 unspecified atom stereocenters. The van der Waals surface area contributed by atoms with E-state index in [1.54, 1.807) is 86.4 Å². The molecule has 24 nitrogen and oxygen atoms in total. The topological polar surface area (TPSA) is 388 Å². The molecule has 0 bridgehead atoms. The monoisotopic (exact) mass is 1240 g/mol. The largest absolute Gasteiger partial charge is 0.369 e. The predicted octanol–water partition coefficient (Wildman–Crippen LogP) is 1.12. The normalized spacial score (nSPS) is 16.0. The van der Waals surface area contributed by atoms with Gasteiger partial charge in [0.05, 0.1) is 42.0 Å². The average Bonchev–Trinajstić information content (AvgIpc) is 4.13. The van der Waals surface area contributed by atoms with Crippen molar-refractivity contribution in [3.05, 3.63) is 0 Å². The van der Waals surface area contributed by atoms with Crippen molar-refractivity contribution in [2.24, 2.45) is 46.6 Å². The zero-order valence-corrected chi connectivity index (χ0v) is 50.5. The van der Waals surface area contributed by atoms with Crippen LogP contribution in [0, 0.1) is 23.7 Å². The highest BCUT2D eigenvalue weighted by Gasteiger charge is 2.39. The lowest BCUT2D eigenvalue weighted by molar-refractivity contribution is -0.139. The zero-order valence-electron chi connectivity index (χ0n) is 44.0. The molecule has 0 radical (unpaired) electrons. The number of nitrogens with two attached hydrogens (primary N) is 4. The third-order valence-electron chi connectivity index (χ3n) is 12.1. The van der Waals surface area contributed by atoms with Gasteiger partial charge in [-0.3, -0.25) is 57.5 Å². The van der Waals surface area contributed by atoms with Crippen molar-refractivity contribution in [3.63, 3.8) is 0 Å². The lowest BCUT2D eigenvalue weighted by Crippen LogP contribution is -2.46. The molecular weight excluding hydrogens is 1170 g/mol. The molecule has 12 amide bonds. The molecule has 0 aromatic rings. The Hall–Kier alpha value is -3.56. The summed E-state index contributed by atoms with van der Waals surface area (Å²) in [5.74, 6) is -4.93. The van der Waals surface area contributed by atoms with Crippen LogP contribution in [0.15, 0.2) is 0 Å². The molecule has 14 N–H and O–H groups in total. The van der Waals surface area contributed by atoms with Crippen molar-refractivity contribution in [3.8, 4) is 0 Å². The second kappa shape index (κ2) is 38.2. The molecular formula is C46H76N12O12S8. The molecule has 4 saturated heterocycles. The summed E-state index contributed by atoms with van der Waals surface area (Å²) in [5, 5.41) is 16.1. The van der Waals surface area contributed by atoms with Gasteiger partial charge < -0.3 is 64.6 Å². The summed E-state index contributed by atoms with van der Waals surface area (Å²) in [5.41, 5.74) is 21.8. The molecule has 0 aromatic carbocycles. The summed E-state index contributed by atoms with van der Waals surface area (Å²) >= 11 is 0. The zero-order chi connectivity index (χ0) is 57.6. The van der Waals surface area contributed by atoms with E-state index in [0.29, 0.717) is 77.5 Å². The van der Waals surface area contributed by atoms with Crippen molar-refractivity contribution >= 4 is 157 Å². The minimum atomic E-state index is -0.429. The van der Waals surface area contributed by atoms with Crippen molar-refractivity contribution < 1.29 is 57.5 Å². The molecule has 0 aliphatic carbocycles. The van der Waals surface area contributed by atoms with E-state index in [2.05, 4.69) is 31.9 Å². The number of rotatable bonds is 42. The predicted molar refractivity (Wildman–Crippen MR) is 314 cm³/mol. The lowest BCUT2D eigenvalue weighted by Gasteiger charge is -2.22. The Kier molecular flexibility index (Phi) is 33.7. The smallest absolute Gasteiger partial charge is 0.239 e. The van der Waals surface area contributed by atoms with Gasteiger partial charge in [0.1, 0.15) is 26.2 Å². The molecule has 78 heavy (non-hydrogen) atoms. The van der Waals surface area contributed by atoms with Crippen molar-refractivity contribution in [1.29, 1.82) is 0 Å². The summed E-state index contributed by atoms with van der Waals surface area (Å²) in [6.45, 7) is 3.22. The molecule has 0 saturated carbocycles. The van der Waals surface area contributed by atoms with Gasteiger partial charge in [-0.05, 0) is 51.4 Å². The van der Waals surface area contributed by atoms with Gasteiger partial charge in [-0.2, -0.15) is 0 Å². The van der Waals surface area contributed by atoms with E-state index in [1.807, 2.05) is 0 Å². The van der Waals surface area contributed by atoms with Crippen molar-refractivity contribution in [2.45, 2.75) is 122 Å². The first-order valence-electron chi connectivity index (χ1n) is 25.7. The van der Waals surface area contributed by atoms with Crippen LogP contribution in [-0.2, 0) is 57.5 Å². The highest BCUT2D eigenvalue weighted by atomic mass is 33.2. The number of hydrogen-bond donors (Lipinski definition) is 10. The van der Waals surface area contributed by atoms with Crippen LogP contribution in [0.4, 0.5) is 0 Å². The Bertz CT molecular complexity index is 1810. The fourth-order valence-corrected chi connectivity index (χ4v) is 15.1. The molecule has 440 valence electrons. The van der Waals surface area contributed by atoms with Crippen LogP contribution in [0.3, 0.4) is 0 Å². The lowest BCUT2D eigenvalue weighted by atomic mass is 10.0. The van der Waals surface area contributed by atoms with E-state index in [0.717, 1.165) is 25.7 Å². The summed E-state index contributed by atoms with van der Waals surface area (Å²) in [6, 6.07) is 0. The summed E-state index contributed by atoms with van der Waals surface area (Å²) in [6.07, 6.45) is 8.08. The summed E-state index contributed by atoms with van der Waals surface area (Å²) in [7, 11) is 13.1. The molecule has 4 rings (SSSR count). The molecule has 32 heteroatoms. The Morgan fingerprint density at radius 1 is 0.346 bits per heavy atom. The van der Waals surface area contributed by atoms with Gasteiger partial charge in [0.2, 0.25) is 70.9 Å². The van der Waals surface area contributed by atoms with E-state index >= 15 is 0 Å². The van der Waals surface area contributed by atoms with E-state index in [4.69, 9.17) is 22.9 Å². The number of carbonyl (C=O) groups excluding carboxylic acids is 12. The quantitative estimate of drug-likeness (QED) is 0.0232. The second-order valence-electron chi connectivity index (χ2n) is 18.6. The van der Waals surface area contributed by atoms with Gasteiger partial charge in [-0.25, -0.2) is 0 Å². The van der Waals surface area contributed by atoms with E-state index in [1.165, 1.54) is 23.6 Å². The van der Waals surface area contributed by atoms with Crippen LogP contribution >= 0.6 is 86.4 Å². The van der Waals surface area contributed by atoms with Gasteiger partial charge in [-0.1, -0.05) is 112 Å². The number of nitrogens with one attached hydrogen (secondary N) is 6. The molecule has 4 aliphatic rings. The average molecular weight is 1250 g/mol. The number of hydrogen-bond acceptors (Lipinski definition) is 20. The third kappa shape index (κ3) is 31.4. The minimum Gasteiger partial charge on any atom is -0.369 e. The van der Waals surface area contributed by atoms with Crippen LogP contribution in [0.5, 0.6) is 0 Å². The molecule has 4 heterocycles. The Morgan fingerprint density at radius 3 is 0.744 bits per heavy atom. The number of nitrogens with zero attached hydrogens (tertiary/aromatic N) is 2. The van der Waals surface area contributed by atoms with Gasteiger partial charge in [0.25, 0.3) is 0 Å². The third-order valence-corrected chi connectivity index (χ3v) is 21.4. The van der Waals surface area contributed by atoms with Crippen LogP contribution in [-0.4, -0.2) is 164 Å². The maximum atomic E-state index is 12.7. The maximum absolute atomic E-state index is 12.7. The summed E-state index contributed by atoms with van der Waals surface area (Å²) in [4.78, 5) is 146. The van der Waals surface area contributed by atoms with Crippen LogP contribution in [0.1, 0.15) is 104 Å². The minimum absolute atomic E-state index is 0.0441. The standard InChI is InChI=1S/2C23H38N6O6S4/c2*1-14(30)26-11-8-19(33)29(12-17(31)27-9-4-2-6-15(20(24)34)22-36-37-22)13-18(32)28-10-5-3-7-16(21(25)35)23-38-39-23/h2*15-16,22-23H,2-13H2,1H3,(H2,24,34)(H2,25,35)(H,26,30)(H,27,31)(H,28,32). The fraction of sp³-hybridized carbons (Fsp3) is 0.739. The summed E-state index contributed by atoms with van der Waals surface area (Å²) < 4.78 is 0.920. The number of primary amides is 4. The fourth-order valence-electron chi connectivity index (χ4n) is 7.57. The first-order valence-corrected chi connectivity index (χ1v) is 34.8.